The van der Waals surface area contributed by atoms with Gasteiger partial charge in [0.05, 0.1) is 18.8 Å². The Balaban J connectivity index is 2.09. The maximum Gasteiger partial charge on any atom is 0.0743 e. The van der Waals surface area contributed by atoms with Crippen LogP contribution in [-0.4, -0.2) is 29.4 Å². The van der Waals surface area contributed by atoms with Gasteiger partial charge >= 0.3 is 0 Å². The Morgan fingerprint density at radius 3 is 2.41 bits per heavy atom. The zero-order valence-electron chi connectivity index (χ0n) is 10.3. The monoisotopic (exact) mass is 235 g/mol. The number of rotatable bonds is 3. The number of aliphatic hydroxyl groups excluding tert-OH is 2. The van der Waals surface area contributed by atoms with E-state index in [4.69, 9.17) is 5.11 Å². The summed E-state index contributed by atoms with van der Waals surface area (Å²) in [7, 11) is 2.03. The average Bonchev–Trinajstić information content (AvgIpc) is 2.39. The lowest BCUT2D eigenvalue weighted by atomic mass is 9.91. The lowest BCUT2D eigenvalue weighted by molar-refractivity contribution is 0.106. The van der Waals surface area contributed by atoms with Crippen molar-refractivity contribution < 1.29 is 10.2 Å². The molecule has 0 aromatic heterocycles. The second-order valence-electron chi connectivity index (χ2n) is 4.85. The summed E-state index contributed by atoms with van der Waals surface area (Å²) in [5.74, 6) is 0. The number of anilines is 1. The molecule has 3 heteroatoms. The van der Waals surface area contributed by atoms with Gasteiger partial charge in [0.1, 0.15) is 0 Å². The molecule has 94 valence electrons. The molecular weight excluding hydrogens is 214 g/mol. The summed E-state index contributed by atoms with van der Waals surface area (Å²) >= 11 is 0. The van der Waals surface area contributed by atoms with Gasteiger partial charge in [0, 0.05) is 12.7 Å². The molecule has 1 fully saturated rings. The van der Waals surface area contributed by atoms with E-state index in [1.165, 1.54) is 6.42 Å². The predicted molar refractivity (Wildman–Crippen MR) is 69.0 cm³/mol. The van der Waals surface area contributed by atoms with Gasteiger partial charge in [-0.15, -0.1) is 0 Å². The molecule has 2 unspecified atom stereocenters. The number of hydrogen-bond acceptors (Lipinski definition) is 3. The number of aliphatic hydroxyl groups is 2. The molecule has 0 spiro atoms. The summed E-state index contributed by atoms with van der Waals surface area (Å²) in [6, 6.07) is 8.10. The molecule has 1 aliphatic carbocycles. The van der Waals surface area contributed by atoms with Crippen LogP contribution < -0.4 is 4.90 Å². The summed E-state index contributed by atoms with van der Waals surface area (Å²) in [4.78, 5) is 2.16. The highest BCUT2D eigenvalue weighted by atomic mass is 16.3. The molecule has 0 aliphatic heterocycles. The third-order valence-corrected chi connectivity index (χ3v) is 3.72. The van der Waals surface area contributed by atoms with Gasteiger partial charge in [0.2, 0.25) is 0 Å². The second kappa shape index (κ2) is 5.52. The van der Waals surface area contributed by atoms with E-state index in [0.717, 1.165) is 30.5 Å². The highest BCUT2D eigenvalue weighted by molar-refractivity contribution is 5.48. The van der Waals surface area contributed by atoms with Crippen LogP contribution in [0.25, 0.3) is 0 Å². The second-order valence-corrected chi connectivity index (χ2v) is 4.85. The fourth-order valence-corrected chi connectivity index (χ4v) is 2.57. The Morgan fingerprint density at radius 2 is 1.82 bits per heavy atom. The molecule has 1 saturated carbocycles. The van der Waals surface area contributed by atoms with Crippen LogP contribution in [0.2, 0.25) is 0 Å². The van der Waals surface area contributed by atoms with Crippen LogP contribution in [0.1, 0.15) is 31.2 Å². The largest absolute Gasteiger partial charge is 0.392 e. The Hall–Kier alpha value is -1.06. The summed E-state index contributed by atoms with van der Waals surface area (Å²) in [5, 5.41) is 19.0. The Bertz CT molecular complexity index is 350. The highest BCUT2D eigenvalue weighted by Crippen LogP contribution is 2.26. The van der Waals surface area contributed by atoms with E-state index < -0.39 is 0 Å². The van der Waals surface area contributed by atoms with E-state index in [0.29, 0.717) is 0 Å². The van der Waals surface area contributed by atoms with Crippen molar-refractivity contribution in [1.82, 2.24) is 0 Å². The molecule has 1 aromatic rings. The summed E-state index contributed by atoms with van der Waals surface area (Å²) in [6.07, 6.45) is 4.07. The van der Waals surface area contributed by atoms with E-state index in [1.807, 2.05) is 31.3 Å². The minimum absolute atomic E-state index is 0.0794. The minimum atomic E-state index is -0.216. The lowest BCUT2D eigenvalue weighted by Crippen LogP contribution is -2.43. The predicted octanol–water partition coefficient (Wildman–Crippen LogP) is 1.92. The van der Waals surface area contributed by atoms with E-state index in [-0.39, 0.29) is 18.8 Å². The molecule has 3 nitrogen and oxygen atoms in total. The van der Waals surface area contributed by atoms with E-state index >= 15 is 0 Å². The Labute approximate surface area is 103 Å². The average molecular weight is 235 g/mol. The first kappa shape index (κ1) is 12.4. The van der Waals surface area contributed by atoms with Crippen molar-refractivity contribution >= 4 is 5.69 Å². The Kier molecular flexibility index (Phi) is 4.02. The number of benzene rings is 1. The SMILES string of the molecule is CN(c1ccc(CO)cc1)C1CCCCC1O. The van der Waals surface area contributed by atoms with Crippen molar-refractivity contribution in [2.24, 2.45) is 0 Å². The summed E-state index contributed by atoms with van der Waals surface area (Å²) < 4.78 is 0. The minimum Gasteiger partial charge on any atom is -0.392 e. The maximum absolute atomic E-state index is 10.0. The van der Waals surface area contributed by atoms with Crippen LogP contribution in [0.3, 0.4) is 0 Å². The smallest absolute Gasteiger partial charge is 0.0743 e. The molecule has 2 N–H and O–H groups in total. The van der Waals surface area contributed by atoms with Gasteiger partial charge < -0.3 is 15.1 Å². The summed E-state index contributed by atoms with van der Waals surface area (Å²) in [6.45, 7) is 0.0794. The first-order valence-electron chi connectivity index (χ1n) is 6.33. The molecule has 2 atom stereocenters. The zero-order valence-corrected chi connectivity index (χ0v) is 10.3. The van der Waals surface area contributed by atoms with E-state index in [2.05, 4.69) is 4.90 Å². The molecule has 0 radical (unpaired) electrons. The van der Waals surface area contributed by atoms with E-state index in [1.54, 1.807) is 0 Å². The van der Waals surface area contributed by atoms with Crippen molar-refractivity contribution in [1.29, 1.82) is 0 Å². The topological polar surface area (TPSA) is 43.7 Å². The fraction of sp³-hybridized carbons (Fsp3) is 0.571. The van der Waals surface area contributed by atoms with Crippen LogP contribution in [-0.2, 0) is 6.61 Å². The van der Waals surface area contributed by atoms with Crippen molar-refractivity contribution in [3.05, 3.63) is 29.8 Å². The quantitative estimate of drug-likeness (QED) is 0.841. The number of likely N-dealkylation sites (N-methyl/N-ethyl adjacent to an activating group) is 1. The molecule has 17 heavy (non-hydrogen) atoms. The third-order valence-electron chi connectivity index (χ3n) is 3.72. The number of nitrogens with zero attached hydrogens (tertiary/aromatic N) is 1. The van der Waals surface area contributed by atoms with Crippen molar-refractivity contribution in [3.63, 3.8) is 0 Å². The first-order valence-corrected chi connectivity index (χ1v) is 6.33. The molecule has 0 heterocycles. The standard InChI is InChI=1S/C14H21NO2/c1-15(13-4-2-3-5-14(13)17)12-8-6-11(10-16)7-9-12/h6-9,13-14,16-17H,2-5,10H2,1H3. The Morgan fingerprint density at radius 1 is 1.18 bits per heavy atom. The number of hydrogen-bond donors (Lipinski definition) is 2. The molecule has 1 aliphatic rings. The van der Waals surface area contributed by atoms with Gasteiger partial charge in [-0.25, -0.2) is 0 Å². The summed E-state index contributed by atoms with van der Waals surface area (Å²) in [5.41, 5.74) is 2.03. The zero-order chi connectivity index (χ0) is 12.3. The van der Waals surface area contributed by atoms with E-state index in [9.17, 15) is 5.11 Å². The first-order chi connectivity index (χ1) is 8.22. The molecule has 2 rings (SSSR count). The van der Waals surface area contributed by atoms with Gasteiger partial charge in [-0.2, -0.15) is 0 Å². The highest BCUT2D eigenvalue weighted by Gasteiger charge is 2.26. The van der Waals surface area contributed by atoms with Crippen LogP contribution in [0, 0.1) is 0 Å². The van der Waals surface area contributed by atoms with Gasteiger partial charge in [0.15, 0.2) is 0 Å². The van der Waals surface area contributed by atoms with Crippen LogP contribution >= 0.6 is 0 Å². The van der Waals surface area contributed by atoms with Crippen molar-refractivity contribution in [2.45, 2.75) is 44.4 Å². The third kappa shape index (κ3) is 2.79. The van der Waals surface area contributed by atoms with Crippen molar-refractivity contribution in [2.75, 3.05) is 11.9 Å². The molecule has 1 aromatic carbocycles. The van der Waals surface area contributed by atoms with Crippen molar-refractivity contribution in [3.8, 4) is 0 Å². The molecule has 0 saturated heterocycles. The van der Waals surface area contributed by atoms with Gasteiger partial charge in [-0.1, -0.05) is 25.0 Å². The van der Waals surface area contributed by atoms with Gasteiger partial charge in [-0.3, -0.25) is 0 Å². The van der Waals surface area contributed by atoms with Crippen LogP contribution in [0.5, 0.6) is 0 Å². The molecule has 0 bridgehead atoms. The normalized spacial score (nSPS) is 24.6. The molecule has 0 amide bonds. The molecular formula is C14H21NO2. The fourth-order valence-electron chi connectivity index (χ4n) is 2.57. The van der Waals surface area contributed by atoms with Gasteiger partial charge in [-0.05, 0) is 30.5 Å². The maximum atomic E-state index is 10.0. The van der Waals surface area contributed by atoms with Crippen LogP contribution in [0.15, 0.2) is 24.3 Å². The van der Waals surface area contributed by atoms with Gasteiger partial charge in [0.25, 0.3) is 0 Å². The lowest BCUT2D eigenvalue weighted by Gasteiger charge is -2.36. The van der Waals surface area contributed by atoms with Crippen LogP contribution in [0.4, 0.5) is 5.69 Å².